The van der Waals surface area contributed by atoms with Crippen molar-refractivity contribution in [2.24, 2.45) is 0 Å². The van der Waals surface area contributed by atoms with E-state index in [1.165, 1.54) is 26.4 Å². The van der Waals surface area contributed by atoms with Gasteiger partial charge in [0, 0.05) is 33.2 Å². The summed E-state index contributed by atoms with van der Waals surface area (Å²) < 4.78 is 22.3. The minimum absolute atomic E-state index is 0.0297. The number of ether oxygens (including phenoxy) is 4. The van der Waals surface area contributed by atoms with Crippen LogP contribution in [0.15, 0.2) is 48.3 Å². The van der Waals surface area contributed by atoms with Crippen molar-refractivity contribution in [2.45, 2.75) is 60.7 Å². The fourth-order valence-electron chi connectivity index (χ4n) is 5.78. The largest absolute Gasteiger partial charge is 0.473 e. The summed E-state index contributed by atoms with van der Waals surface area (Å²) in [5.41, 5.74) is 1.84. The number of nitrogens with zero attached hydrogens (tertiary/aromatic N) is 2. The van der Waals surface area contributed by atoms with Gasteiger partial charge in [0.15, 0.2) is 4.87 Å². The van der Waals surface area contributed by atoms with Gasteiger partial charge in [-0.2, -0.15) is 0 Å². The molecule has 0 radical (unpaired) electrons. The molecule has 5 fully saturated rings. The van der Waals surface area contributed by atoms with E-state index < -0.39 is 34.0 Å². The SMILES string of the molecule is CC(=O)O[C@H]1C=COC=C2C[C@]34CN5[C@H]6C(=COC=C[C@@H]6OC(C)=O)C[C@@]5(SS3)C(=O)N4[C@@H]21. The second-order valence-electron chi connectivity index (χ2n) is 8.91. The van der Waals surface area contributed by atoms with Crippen molar-refractivity contribution < 1.29 is 33.3 Å². The number of rotatable bonds is 2. The third kappa shape index (κ3) is 2.95. The van der Waals surface area contributed by atoms with Gasteiger partial charge in [0.1, 0.15) is 17.1 Å². The Kier molecular flexibility index (Phi) is 4.69. The lowest BCUT2D eigenvalue weighted by molar-refractivity contribution is -0.160. The molecule has 0 N–H and O–H groups in total. The van der Waals surface area contributed by atoms with E-state index in [0.717, 1.165) is 11.1 Å². The highest BCUT2D eigenvalue weighted by Gasteiger charge is 2.73. The van der Waals surface area contributed by atoms with E-state index in [4.69, 9.17) is 18.9 Å². The van der Waals surface area contributed by atoms with Gasteiger partial charge in [-0.3, -0.25) is 19.3 Å². The zero-order valence-electron chi connectivity index (χ0n) is 18.0. The summed E-state index contributed by atoms with van der Waals surface area (Å²) in [6.07, 6.45) is 9.64. The highest BCUT2D eigenvalue weighted by Crippen LogP contribution is 2.68. The lowest BCUT2D eigenvalue weighted by Gasteiger charge is -2.59. The number of piperazine rings is 1. The third-order valence-electron chi connectivity index (χ3n) is 6.86. The Balaban J connectivity index is 1.42. The van der Waals surface area contributed by atoms with Crippen molar-refractivity contribution in [3.05, 3.63) is 48.3 Å². The van der Waals surface area contributed by atoms with E-state index in [1.807, 2.05) is 4.90 Å². The summed E-state index contributed by atoms with van der Waals surface area (Å²) in [6.45, 7) is 3.32. The van der Waals surface area contributed by atoms with Crippen LogP contribution in [0.5, 0.6) is 0 Å². The number of carbonyl (C=O) groups is 3. The monoisotopic (exact) mass is 490 g/mol. The summed E-state index contributed by atoms with van der Waals surface area (Å²) in [5, 5.41) is 0. The number of fused-ring (bicyclic) bond motifs is 3. The maximum Gasteiger partial charge on any atom is 0.303 e. The molecule has 0 aromatic heterocycles. The van der Waals surface area contributed by atoms with Crippen molar-refractivity contribution in [1.29, 1.82) is 0 Å². The van der Waals surface area contributed by atoms with Gasteiger partial charge >= 0.3 is 11.9 Å². The minimum atomic E-state index is -0.858. The molecule has 174 valence electrons. The summed E-state index contributed by atoms with van der Waals surface area (Å²) in [7, 11) is 3.25. The van der Waals surface area contributed by atoms with Gasteiger partial charge in [-0.15, -0.1) is 0 Å². The summed E-state index contributed by atoms with van der Waals surface area (Å²) >= 11 is 0. The quantitative estimate of drug-likeness (QED) is 0.423. The van der Waals surface area contributed by atoms with Gasteiger partial charge in [-0.05, 0) is 23.3 Å². The highest BCUT2D eigenvalue weighted by atomic mass is 33.1. The van der Waals surface area contributed by atoms with Gasteiger partial charge in [0.25, 0.3) is 5.91 Å². The number of hydrogen-bond acceptors (Lipinski definition) is 10. The molecule has 2 bridgehead atoms. The molecule has 2 spiro atoms. The molecule has 7 rings (SSSR count). The van der Waals surface area contributed by atoms with Crippen LogP contribution in [-0.2, 0) is 33.3 Å². The second kappa shape index (κ2) is 7.31. The first kappa shape index (κ1) is 21.2. The Hall–Kier alpha value is -2.37. The summed E-state index contributed by atoms with van der Waals surface area (Å²) in [6, 6.07) is -0.712. The first-order valence-corrected chi connectivity index (χ1v) is 12.8. The number of amides is 1. The number of carbonyl (C=O) groups excluding carboxylic acids is 3. The number of hydrogen-bond donors (Lipinski definition) is 0. The maximum absolute atomic E-state index is 14.2. The van der Waals surface area contributed by atoms with Gasteiger partial charge < -0.3 is 23.8 Å². The molecule has 0 unspecified atom stereocenters. The molecule has 0 aromatic carbocycles. The Morgan fingerprint density at radius 2 is 1.58 bits per heavy atom. The van der Waals surface area contributed by atoms with Crippen LogP contribution in [0.1, 0.15) is 26.7 Å². The molecular weight excluding hydrogens is 468 g/mol. The van der Waals surface area contributed by atoms with E-state index in [1.54, 1.807) is 46.3 Å². The fourth-order valence-corrected chi connectivity index (χ4v) is 9.57. The van der Waals surface area contributed by atoms with Gasteiger partial charge in [-0.25, -0.2) is 0 Å². The van der Waals surface area contributed by atoms with Crippen molar-refractivity contribution in [2.75, 3.05) is 6.54 Å². The number of esters is 2. The second-order valence-corrected chi connectivity index (χ2v) is 11.7. The van der Waals surface area contributed by atoms with Crippen LogP contribution < -0.4 is 0 Å². The normalized spacial score (nSPS) is 40.2. The lowest BCUT2D eigenvalue weighted by Crippen LogP contribution is -2.74. The molecule has 11 heteroatoms. The van der Waals surface area contributed by atoms with Crippen LogP contribution >= 0.6 is 21.6 Å². The average Bonchev–Trinajstić information content (AvgIpc) is 3.09. The van der Waals surface area contributed by atoms with Gasteiger partial charge in [0.2, 0.25) is 0 Å². The van der Waals surface area contributed by atoms with E-state index in [9.17, 15) is 14.4 Å². The third-order valence-corrected chi connectivity index (χ3v) is 10.6. The lowest BCUT2D eigenvalue weighted by atomic mass is 10.0. The molecule has 1 amide bonds. The van der Waals surface area contributed by atoms with Crippen LogP contribution in [0.25, 0.3) is 0 Å². The van der Waals surface area contributed by atoms with E-state index in [2.05, 4.69) is 4.90 Å². The van der Waals surface area contributed by atoms with Crippen LogP contribution in [0.4, 0.5) is 0 Å². The van der Waals surface area contributed by atoms with E-state index >= 15 is 0 Å². The molecule has 0 aromatic rings. The van der Waals surface area contributed by atoms with Crippen molar-refractivity contribution in [3.8, 4) is 0 Å². The molecule has 9 nitrogen and oxygen atoms in total. The van der Waals surface area contributed by atoms with Crippen molar-refractivity contribution >= 4 is 39.4 Å². The van der Waals surface area contributed by atoms with E-state index in [0.29, 0.717) is 19.4 Å². The van der Waals surface area contributed by atoms with Gasteiger partial charge in [0.05, 0.1) is 37.1 Å². The fraction of sp³-hybridized carbons (Fsp3) is 0.500. The molecule has 0 aliphatic carbocycles. The maximum atomic E-state index is 14.2. The Bertz CT molecular complexity index is 1060. The van der Waals surface area contributed by atoms with Crippen LogP contribution in [0.2, 0.25) is 0 Å². The molecule has 7 aliphatic rings. The Morgan fingerprint density at radius 1 is 0.970 bits per heavy atom. The van der Waals surface area contributed by atoms with Crippen LogP contribution in [0.3, 0.4) is 0 Å². The van der Waals surface area contributed by atoms with Crippen molar-refractivity contribution in [3.63, 3.8) is 0 Å². The summed E-state index contributed by atoms with van der Waals surface area (Å²) in [4.78, 5) is 40.5. The standard InChI is InChI=1S/C22H22N2O7S2/c1-12(25)30-16-3-5-29-10-15-8-22-20(27)24-19-14(9-28-6-4-17(19)31-13(2)26)7-21(24,32-33-22)11-23(22)18(15)16/h3-6,9-10,16-19H,7-8,11H2,1-2H3/t16-,17-,18-,19-,21+,22+/m0/s1. The first-order valence-electron chi connectivity index (χ1n) is 10.7. The Morgan fingerprint density at radius 3 is 2.21 bits per heavy atom. The molecule has 5 saturated heterocycles. The zero-order valence-corrected chi connectivity index (χ0v) is 19.6. The Labute approximate surface area is 198 Å². The molecule has 7 heterocycles. The summed E-state index contributed by atoms with van der Waals surface area (Å²) in [5.74, 6) is -0.828. The van der Waals surface area contributed by atoms with Crippen molar-refractivity contribution in [1.82, 2.24) is 9.80 Å². The average molecular weight is 491 g/mol. The molecule has 6 atom stereocenters. The molecular formula is C22H22N2O7S2. The van der Waals surface area contributed by atoms with Crippen LogP contribution in [-0.4, -0.2) is 68.2 Å². The predicted molar refractivity (Wildman–Crippen MR) is 119 cm³/mol. The van der Waals surface area contributed by atoms with Gasteiger partial charge in [-0.1, -0.05) is 21.6 Å². The van der Waals surface area contributed by atoms with E-state index in [-0.39, 0.29) is 17.9 Å². The van der Waals surface area contributed by atoms with Crippen LogP contribution in [0, 0.1) is 0 Å². The molecule has 7 aliphatic heterocycles. The minimum Gasteiger partial charge on any atom is -0.473 e. The highest BCUT2D eigenvalue weighted by molar-refractivity contribution is 8.78. The zero-order chi connectivity index (χ0) is 23.0. The first-order chi connectivity index (χ1) is 15.8. The topological polar surface area (TPSA) is 94.6 Å². The smallest absolute Gasteiger partial charge is 0.303 e. The molecule has 0 saturated carbocycles. The molecule has 33 heavy (non-hydrogen) atoms. The predicted octanol–water partition coefficient (Wildman–Crippen LogP) is 2.18.